The second kappa shape index (κ2) is 11.3. The van der Waals surface area contributed by atoms with Crippen molar-refractivity contribution in [3.05, 3.63) is 132 Å². The smallest absolute Gasteiger partial charge is 0.405 e. The van der Waals surface area contributed by atoms with E-state index in [4.69, 9.17) is 5.73 Å². The summed E-state index contributed by atoms with van der Waals surface area (Å²) in [4.78, 5) is 12.5. The molecule has 5 heterocycles. The molecule has 0 fully saturated rings. The van der Waals surface area contributed by atoms with Crippen LogP contribution in [0.4, 0.5) is 26.3 Å². The van der Waals surface area contributed by atoms with Crippen molar-refractivity contribution < 1.29 is 26.3 Å². The monoisotopic (exact) mass is 656 g/mol. The minimum Gasteiger partial charge on any atom is -0.405 e. The van der Waals surface area contributed by atoms with E-state index in [1.54, 1.807) is 70.6 Å². The summed E-state index contributed by atoms with van der Waals surface area (Å²) in [6, 6.07) is 13.8. The van der Waals surface area contributed by atoms with Crippen LogP contribution in [0.2, 0.25) is 0 Å². The molecule has 0 unspecified atom stereocenters. The van der Waals surface area contributed by atoms with E-state index >= 15 is 26.3 Å². The molecule has 7 rings (SSSR count). The van der Waals surface area contributed by atoms with Gasteiger partial charge in [-0.2, -0.15) is 26.3 Å². The van der Waals surface area contributed by atoms with Gasteiger partial charge in [0, 0.05) is 64.7 Å². The number of fused-ring (bicyclic) bond motifs is 4. The summed E-state index contributed by atoms with van der Waals surface area (Å²) in [5.74, 6) is 0. The molecule has 242 valence electrons. The van der Waals surface area contributed by atoms with E-state index in [1.807, 2.05) is 6.92 Å². The molecule has 0 aliphatic heterocycles. The predicted molar refractivity (Wildman–Crippen MR) is 173 cm³/mol. The third-order valence-electron chi connectivity index (χ3n) is 8.86. The fraction of sp³-hybridized carbons (Fsp3) is 0.139. The van der Waals surface area contributed by atoms with Crippen molar-refractivity contribution in [1.29, 1.82) is 0 Å². The number of hydrogen-bond donors (Lipinski definition) is 1. The molecule has 0 saturated heterocycles. The number of rotatable bonds is 6. The van der Waals surface area contributed by atoms with Crippen LogP contribution in [0.15, 0.2) is 110 Å². The van der Waals surface area contributed by atoms with Crippen LogP contribution in [-0.2, 0) is 11.8 Å². The highest BCUT2D eigenvalue weighted by Crippen LogP contribution is 2.56. The van der Waals surface area contributed by atoms with Crippen LogP contribution in [-0.4, -0.2) is 36.4 Å². The average Bonchev–Trinajstić information content (AvgIpc) is 3.57. The fourth-order valence-electron chi connectivity index (χ4n) is 6.82. The summed E-state index contributed by atoms with van der Waals surface area (Å²) >= 11 is 0. The van der Waals surface area contributed by atoms with Gasteiger partial charge in [-0.25, -0.2) is 0 Å². The Kier molecular flexibility index (Phi) is 7.26. The van der Waals surface area contributed by atoms with Crippen molar-refractivity contribution >= 4 is 38.8 Å². The number of nitrogens with two attached hydrogens (primary N) is 1. The number of pyridine rings is 3. The van der Waals surface area contributed by atoms with Gasteiger partial charge in [0.25, 0.3) is 0 Å². The van der Waals surface area contributed by atoms with Crippen molar-refractivity contribution in [1.82, 2.24) is 24.1 Å². The molecule has 0 bridgehead atoms. The van der Waals surface area contributed by atoms with E-state index in [0.29, 0.717) is 40.0 Å². The van der Waals surface area contributed by atoms with E-state index in [1.165, 1.54) is 30.5 Å². The minimum atomic E-state index is -5.74. The summed E-state index contributed by atoms with van der Waals surface area (Å²) in [5.41, 5.74) is 3.82. The van der Waals surface area contributed by atoms with E-state index < -0.39 is 28.9 Å². The zero-order valence-corrected chi connectivity index (χ0v) is 25.3. The van der Waals surface area contributed by atoms with Gasteiger partial charge in [0.15, 0.2) is 0 Å². The molecular formula is C36H26F6N6. The third kappa shape index (κ3) is 4.46. The molecule has 5 aromatic heterocycles. The van der Waals surface area contributed by atoms with Crippen LogP contribution in [0.1, 0.15) is 29.3 Å². The maximum absolute atomic E-state index is 15.1. The molecule has 0 aliphatic carbocycles. The molecule has 0 saturated carbocycles. The van der Waals surface area contributed by atoms with Crippen molar-refractivity contribution in [3.63, 3.8) is 0 Å². The first kappa shape index (κ1) is 31.0. The SMILES string of the molecule is CCc1c(/C=C\N)n(-c2ccc(C(c3ccc(-n4c5ccncc5c5cnccc54)cc3)(C(F)(F)F)C(F)(F)F)cc2)c2ccncc12. The quantitative estimate of drug-likeness (QED) is 0.182. The largest absolute Gasteiger partial charge is 0.411 e. The number of halogens is 6. The molecule has 0 amide bonds. The topological polar surface area (TPSA) is 74.5 Å². The second-order valence-corrected chi connectivity index (χ2v) is 11.3. The molecule has 12 heteroatoms. The summed E-state index contributed by atoms with van der Waals surface area (Å²) in [7, 11) is 0. The van der Waals surface area contributed by atoms with Gasteiger partial charge in [-0.1, -0.05) is 31.2 Å². The summed E-state index contributed by atoms with van der Waals surface area (Å²) in [5, 5.41) is 2.29. The summed E-state index contributed by atoms with van der Waals surface area (Å²) in [6.07, 6.45) is 1.72. The Labute approximate surface area is 269 Å². The summed E-state index contributed by atoms with van der Waals surface area (Å²) in [6.45, 7) is 1.94. The van der Waals surface area contributed by atoms with Crippen molar-refractivity contribution in [2.45, 2.75) is 31.1 Å². The number of benzene rings is 2. The Morgan fingerprint density at radius 2 is 1.02 bits per heavy atom. The molecule has 48 heavy (non-hydrogen) atoms. The van der Waals surface area contributed by atoms with Crippen molar-refractivity contribution in [2.75, 3.05) is 0 Å². The Bertz CT molecular complexity index is 2250. The molecule has 0 radical (unpaired) electrons. The van der Waals surface area contributed by atoms with Crippen LogP contribution in [0, 0.1) is 0 Å². The number of nitrogens with zero attached hydrogens (tertiary/aromatic N) is 5. The normalized spacial score (nSPS) is 13.0. The van der Waals surface area contributed by atoms with Crippen molar-refractivity contribution in [3.8, 4) is 11.4 Å². The first-order valence-corrected chi connectivity index (χ1v) is 14.9. The van der Waals surface area contributed by atoms with Crippen LogP contribution in [0.25, 0.3) is 50.2 Å². The lowest BCUT2D eigenvalue weighted by atomic mass is 9.73. The van der Waals surface area contributed by atoms with Gasteiger partial charge in [-0.3, -0.25) is 15.0 Å². The molecule has 0 spiro atoms. The zero-order chi connectivity index (χ0) is 33.8. The van der Waals surface area contributed by atoms with Gasteiger partial charge in [-0.05, 0) is 77.9 Å². The van der Waals surface area contributed by atoms with Crippen LogP contribution in [0.5, 0.6) is 0 Å². The number of alkyl halides is 6. The maximum atomic E-state index is 15.1. The van der Waals surface area contributed by atoms with E-state index in [2.05, 4.69) is 15.0 Å². The second-order valence-electron chi connectivity index (χ2n) is 11.3. The third-order valence-corrected chi connectivity index (χ3v) is 8.86. The first-order chi connectivity index (χ1) is 23.0. The van der Waals surface area contributed by atoms with Crippen LogP contribution < -0.4 is 5.73 Å². The molecule has 7 aromatic rings. The van der Waals surface area contributed by atoms with Crippen LogP contribution in [0.3, 0.4) is 0 Å². The predicted octanol–water partition coefficient (Wildman–Crippen LogP) is 8.82. The molecular weight excluding hydrogens is 630 g/mol. The zero-order valence-electron chi connectivity index (χ0n) is 25.3. The lowest BCUT2D eigenvalue weighted by Gasteiger charge is -2.38. The molecule has 0 aliphatic rings. The summed E-state index contributed by atoms with van der Waals surface area (Å²) < 4.78 is 94.1. The minimum absolute atomic E-state index is 0.367. The average molecular weight is 657 g/mol. The Balaban J connectivity index is 1.40. The highest BCUT2D eigenvalue weighted by Gasteiger charge is 2.72. The Morgan fingerprint density at radius 1 is 0.604 bits per heavy atom. The van der Waals surface area contributed by atoms with E-state index in [-0.39, 0.29) is 0 Å². The maximum Gasteiger partial charge on any atom is 0.411 e. The number of aryl methyl sites for hydroxylation is 1. The molecule has 6 nitrogen and oxygen atoms in total. The van der Waals surface area contributed by atoms with Gasteiger partial charge < -0.3 is 14.9 Å². The first-order valence-electron chi connectivity index (χ1n) is 14.9. The number of hydrogen-bond acceptors (Lipinski definition) is 4. The standard InChI is InChI=1S/C36H26F6N6/c1-2-26-27-19-44-16-12-31(27)47(30(26)11-15-43)24-7-3-22(4-8-24)34(35(37,38)39,36(40,41)42)23-5-9-25(10-6-23)48-32-13-17-45-20-28(32)29-21-46-18-14-33(29)48/h3-21H,2,43H2,1H3/b15-11-. The lowest BCUT2D eigenvalue weighted by Crippen LogP contribution is -2.54. The molecule has 0 atom stereocenters. The van der Waals surface area contributed by atoms with Gasteiger partial charge in [0.1, 0.15) is 0 Å². The Hall–Kier alpha value is -5.65. The Morgan fingerprint density at radius 3 is 1.44 bits per heavy atom. The van der Waals surface area contributed by atoms with E-state index in [9.17, 15) is 0 Å². The van der Waals surface area contributed by atoms with Gasteiger partial charge in [0.2, 0.25) is 5.41 Å². The van der Waals surface area contributed by atoms with Crippen LogP contribution >= 0.6 is 0 Å². The van der Waals surface area contributed by atoms with Gasteiger partial charge in [0.05, 0.1) is 22.2 Å². The van der Waals surface area contributed by atoms with Crippen molar-refractivity contribution in [2.24, 2.45) is 5.73 Å². The highest BCUT2D eigenvalue weighted by molar-refractivity contribution is 6.08. The molecule has 2 aromatic carbocycles. The lowest BCUT2D eigenvalue weighted by molar-refractivity contribution is -0.288. The van der Waals surface area contributed by atoms with E-state index in [0.717, 1.165) is 46.0 Å². The highest BCUT2D eigenvalue weighted by atomic mass is 19.4. The number of aromatic nitrogens is 5. The fourth-order valence-corrected chi connectivity index (χ4v) is 6.82. The van der Waals surface area contributed by atoms with Gasteiger partial charge >= 0.3 is 12.4 Å². The van der Waals surface area contributed by atoms with Gasteiger partial charge in [-0.15, -0.1) is 0 Å². The molecule has 2 N–H and O–H groups in total.